The van der Waals surface area contributed by atoms with E-state index in [1.54, 1.807) is 18.2 Å². The van der Waals surface area contributed by atoms with Crippen LogP contribution in [0.3, 0.4) is 0 Å². The van der Waals surface area contributed by atoms with Crippen molar-refractivity contribution in [1.82, 2.24) is 4.90 Å². The van der Waals surface area contributed by atoms with Gasteiger partial charge in [0, 0.05) is 16.7 Å². The molecule has 0 amide bonds. The molecule has 2 N–H and O–H groups in total. The van der Waals surface area contributed by atoms with E-state index in [0.717, 1.165) is 10.0 Å². The molecular formula is C12H16BrF3N2. The van der Waals surface area contributed by atoms with Gasteiger partial charge in [-0.2, -0.15) is 13.2 Å². The van der Waals surface area contributed by atoms with Crippen molar-refractivity contribution in [3.05, 3.63) is 28.2 Å². The minimum Gasteiger partial charge on any atom is -0.399 e. The van der Waals surface area contributed by atoms with E-state index in [2.05, 4.69) is 15.9 Å². The summed E-state index contributed by atoms with van der Waals surface area (Å²) in [5, 5.41) is 0. The van der Waals surface area contributed by atoms with Crippen molar-refractivity contribution in [3.63, 3.8) is 0 Å². The van der Waals surface area contributed by atoms with Crippen LogP contribution >= 0.6 is 15.9 Å². The molecule has 1 rings (SSSR count). The van der Waals surface area contributed by atoms with Gasteiger partial charge in [0.15, 0.2) is 0 Å². The van der Waals surface area contributed by atoms with Crippen molar-refractivity contribution in [2.45, 2.75) is 26.1 Å². The zero-order valence-corrected chi connectivity index (χ0v) is 11.7. The van der Waals surface area contributed by atoms with E-state index in [1.807, 2.05) is 6.92 Å². The molecule has 0 saturated carbocycles. The Labute approximate surface area is 113 Å². The number of nitrogen functional groups attached to an aromatic ring is 1. The highest BCUT2D eigenvalue weighted by Gasteiger charge is 2.30. The molecule has 0 radical (unpaired) electrons. The minimum atomic E-state index is -4.17. The lowest BCUT2D eigenvalue weighted by Crippen LogP contribution is -2.34. The smallest absolute Gasteiger partial charge is 0.399 e. The molecule has 0 fully saturated rings. The summed E-state index contributed by atoms with van der Waals surface area (Å²) >= 11 is 3.28. The van der Waals surface area contributed by atoms with Crippen LogP contribution in [-0.2, 0) is 6.54 Å². The first-order valence-corrected chi connectivity index (χ1v) is 6.43. The molecule has 0 atom stereocenters. The van der Waals surface area contributed by atoms with Crippen molar-refractivity contribution in [3.8, 4) is 0 Å². The van der Waals surface area contributed by atoms with Gasteiger partial charge in [0.1, 0.15) is 0 Å². The zero-order valence-electron chi connectivity index (χ0n) is 10.1. The highest BCUT2D eigenvalue weighted by Crippen LogP contribution is 2.21. The molecule has 0 aliphatic heterocycles. The number of benzene rings is 1. The molecule has 0 aromatic heterocycles. The van der Waals surface area contributed by atoms with Crippen molar-refractivity contribution >= 4 is 21.6 Å². The highest BCUT2D eigenvalue weighted by atomic mass is 79.9. The van der Waals surface area contributed by atoms with Gasteiger partial charge < -0.3 is 5.73 Å². The molecule has 0 aliphatic carbocycles. The number of nitrogens with two attached hydrogens (primary N) is 1. The number of halogens is 4. The Morgan fingerprint density at radius 3 is 2.44 bits per heavy atom. The topological polar surface area (TPSA) is 29.3 Å². The van der Waals surface area contributed by atoms with Gasteiger partial charge in [0.05, 0.1) is 6.54 Å². The average Bonchev–Trinajstić information content (AvgIpc) is 2.12. The monoisotopic (exact) mass is 324 g/mol. The van der Waals surface area contributed by atoms with E-state index in [1.165, 1.54) is 4.90 Å². The van der Waals surface area contributed by atoms with Gasteiger partial charge in [0.2, 0.25) is 0 Å². The fourth-order valence-electron chi connectivity index (χ4n) is 1.81. The van der Waals surface area contributed by atoms with Gasteiger partial charge in [-0.05, 0) is 36.7 Å². The summed E-state index contributed by atoms with van der Waals surface area (Å²) in [6.07, 6.45) is -3.49. The molecule has 1 aromatic carbocycles. The van der Waals surface area contributed by atoms with Crippen LogP contribution in [0.5, 0.6) is 0 Å². The van der Waals surface area contributed by atoms with E-state index in [4.69, 9.17) is 5.73 Å². The van der Waals surface area contributed by atoms with Crippen LogP contribution in [-0.4, -0.2) is 24.2 Å². The maximum Gasteiger partial charge on any atom is 0.401 e. The normalized spacial score (nSPS) is 12.1. The van der Waals surface area contributed by atoms with E-state index in [9.17, 15) is 13.2 Å². The maximum atomic E-state index is 12.4. The third kappa shape index (κ3) is 5.73. The Bertz CT molecular complexity index is 373. The second-order valence-corrected chi connectivity index (χ2v) is 5.13. The van der Waals surface area contributed by atoms with Crippen molar-refractivity contribution in [2.75, 3.05) is 18.8 Å². The van der Waals surface area contributed by atoms with Crippen LogP contribution < -0.4 is 5.73 Å². The first kappa shape index (κ1) is 15.3. The summed E-state index contributed by atoms with van der Waals surface area (Å²) in [4.78, 5) is 1.38. The summed E-state index contributed by atoms with van der Waals surface area (Å²) < 4.78 is 38.0. The summed E-state index contributed by atoms with van der Waals surface area (Å²) in [5.41, 5.74) is 6.99. The molecule has 0 bridgehead atoms. The number of rotatable bonds is 5. The van der Waals surface area contributed by atoms with Crippen molar-refractivity contribution in [1.29, 1.82) is 0 Å². The summed E-state index contributed by atoms with van der Waals surface area (Å²) in [7, 11) is 0. The number of alkyl halides is 3. The maximum absolute atomic E-state index is 12.4. The summed E-state index contributed by atoms with van der Waals surface area (Å²) in [6.45, 7) is 1.62. The third-order valence-electron chi connectivity index (χ3n) is 2.33. The van der Waals surface area contributed by atoms with Crippen LogP contribution in [0.25, 0.3) is 0 Å². The van der Waals surface area contributed by atoms with Crippen LogP contribution in [0.4, 0.5) is 18.9 Å². The molecule has 0 spiro atoms. The van der Waals surface area contributed by atoms with E-state index >= 15 is 0 Å². The first-order valence-electron chi connectivity index (χ1n) is 5.64. The van der Waals surface area contributed by atoms with Gasteiger partial charge in [-0.25, -0.2) is 0 Å². The van der Waals surface area contributed by atoms with Crippen molar-refractivity contribution < 1.29 is 13.2 Å². The second kappa shape index (κ2) is 6.43. The predicted molar refractivity (Wildman–Crippen MR) is 70.2 cm³/mol. The van der Waals surface area contributed by atoms with Crippen LogP contribution in [0.15, 0.2) is 22.7 Å². The predicted octanol–water partition coefficient (Wildman–Crippen LogP) is 3.81. The molecule has 0 unspecified atom stereocenters. The fourth-order valence-corrected chi connectivity index (χ4v) is 2.37. The van der Waals surface area contributed by atoms with Crippen molar-refractivity contribution in [2.24, 2.45) is 0 Å². The quantitative estimate of drug-likeness (QED) is 0.834. The number of hydrogen-bond donors (Lipinski definition) is 1. The molecule has 0 saturated heterocycles. The number of anilines is 1. The van der Waals surface area contributed by atoms with Crippen LogP contribution in [0, 0.1) is 0 Å². The molecule has 2 nitrogen and oxygen atoms in total. The molecule has 6 heteroatoms. The Morgan fingerprint density at radius 2 is 1.94 bits per heavy atom. The SMILES string of the molecule is CCCN(Cc1cc(N)cc(Br)c1)CC(F)(F)F. The molecule has 0 aliphatic rings. The van der Waals surface area contributed by atoms with Crippen LogP contribution in [0.2, 0.25) is 0 Å². The van der Waals surface area contributed by atoms with Gasteiger partial charge in [0.25, 0.3) is 0 Å². The molecule has 0 heterocycles. The average molecular weight is 325 g/mol. The molecular weight excluding hydrogens is 309 g/mol. The Balaban J connectivity index is 2.76. The van der Waals surface area contributed by atoms with Gasteiger partial charge in [-0.3, -0.25) is 4.90 Å². The standard InChI is InChI=1S/C12H16BrF3N2/c1-2-3-18(8-12(14,15)16)7-9-4-10(13)6-11(17)5-9/h4-6H,2-3,7-8,17H2,1H3. The van der Waals surface area contributed by atoms with Crippen LogP contribution in [0.1, 0.15) is 18.9 Å². The van der Waals surface area contributed by atoms with Gasteiger partial charge >= 0.3 is 6.18 Å². The summed E-state index contributed by atoms with van der Waals surface area (Å²) in [5.74, 6) is 0. The Morgan fingerprint density at radius 1 is 1.28 bits per heavy atom. The van der Waals surface area contributed by atoms with E-state index in [0.29, 0.717) is 18.7 Å². The highest BCUT2D eigenvalue weighted by molar-refractivity contribution is 9.10. The molecule has 102 valence electrons. The van der Waals surface area contributed by atoms with Gasteiger partial charge in [-0.1, -0.05) is 22.9 Å². The number of hydrogen-bond acceptors (Lipinski definition) is 2. The van der Waals surface area contributed by atoms with E-state index < -0.39 is 12.7 Å². The third-order valence-corrected chi connectivity index (χ3v) is 2.79. The largest absolute Gasteiger partial charge is 0.401 e. The molecule has 18 heavy (non-hydrogen) atoms. The zero-order chi connectivity index (χ0) is 13.8. The Kier molecular flexibility index (Phi) is 5.47. The molecule has 1 aromatic rings. The lowest BCUT2D eigenvalue weighted by Gasteiger charge is -2.23. The Hall–Kier alpha value is -0.750. The second-order valence-electron chi connectivity index (χ2n) is 4.22. The van der Waals surface area contributed by atoms with E-state index in [-0.39, 0.29) is 6.54 Å². The minimum absolute atomic E-state index is 0.247. The first-order chi connectivity index (χ1) is 8.30. The van der Waals surface area contributed by atoms with Gasteiger partial charge in [-0.15, -0.1) is 0 Å². The summed E-state index contributed by atoms with van der Waals surface area (Å²) in [6, 6.07) is 5.20. The number of nitrogens with zero attached hydrogens (tertiary/aromatic N) is 1. The lowest BCUT2D eigenvalue weighted by molar-refractivity contribution is -0.147. The lowest BCUT2D eigenvalue weighted by atomic mass is 10.2. The fraction of sp³-hybridized carbons (Fsp3) is 0.500.